The lowest BCUT2D eigenvalue weighted by atomic mass is 10.1. The molecule has 1 aliphatic rings. The molecule has 0 N–H and O–H groups in total. The lowest BCUT2D eigenvalue weighted by molar-refractivity contribution is 0.0733. The summed E-state index contributed by atoms with van der Waals surface area (Å²) in [7, 11) is 0. The highest BCUT2D eigenvalue weighted by molar-refractivity contribution is 6.30. The van der Waals surface area contributed by atoms with Crippen LogP contribution < -0.4 is 0 Å². The molecule has 0 bridgehead atoms. The number of hydrogen-bond donors (Lipinski definition) is 0. The summed E-state index contributed by atoms with van der Waals surface area (Å²) in [5, 5.41) is 0.620. The highest BCUT2D eigenvalue weighted by Crippen LogP contribution is 2.11. The van der Waals surface area contributed by atoms with E-state index in [1.807, 2.05) is 4.90 Å². The third-order valence-electron chi connectivity index (χ3n) is 3.43. The molecule has 1 fully saturated rings. The zero-order valence-electron chi connectivity index (χ0n) is 12.0. The van der Waals surface area contributed by atoms with Crippen molar-refractivity contribution < 1.29 is 14.3 Å². The molecule has 2 rings (SSSR count). The maximum absolute atomic E-state index is 12.2. The van der Waals surface area contributed by atoms with Crippen LogP contribution in [0.25, 0.3) is 0 Å². The summed E-state index contributed by atoms with van der Waals surface area (Å²) in [4.78, 5) is 27.5. The van der Waals surface area contributed by atoms with Crippen molar-refractivity contribution in [2.75, 3.05) is 39.3 Å². The van der Waals surface area contributed by atoms with E-state index in [0.29, 0.717) is 49.9 Å². The molecule has 0 unspecified atom stereocenters. The van der Waals surface area contributed by atoms with E-state index in [2.05, 4.69) is 0 Å². The quantitative estimate of drug-likeness (QED) is 0.801. The molecule has 1 amide bonds. The van der Waals surface area contributed by atoms with Gasteiger partial charge in [-0.3, -0.25) is 9.69 Å². The fourth-order valence-corrected chi connectivity index (χ4v) is 2.36. The van der Waals surface area contributed by atoms with E-state index in [1.54, 1.807) is 36.1 Å². The van der Waals surface area contributed by atoms with Crippen LogP contribution in [0.1, 0.15) is 17.3 Å². The minimum absolute atomic E-state index is 0.0660. The minimum Gasteiger partial charge on any atom is -0.450 e. The van der Waals surface area contributed by atoms with Gasteiger partial charge in [0.25, 0.3) is 0 Å². The molecule has 114 valence electrons. The van der Waals surface area contributed by atoms with Crippen LogP contribution in [0.2, 0.25) is 5.02 Å². The van der Waals surface area contributed by atoms with E-state index < -0.39 is 0 Å². The van der Waals surface area contributed by atoms with Gasteiger partial charge in [0.1, 0.15) is 0 Å². The third kappa shape index (κ3) is 4.44. The fraction of sp³-hybridized carbons (Fsp3) is 0.467. The van der Waals surface area contributed by atoms with Gasteiger partial charge in [-0.05, 0) is 31.2 Å². The van der Waals surface area contributed by atoms with Crippen LogP contribution in [-0.2, 0) is 4.74 Å². The molecule has 5 nitrogen and oxygen atoms in total. The van der Waals surface area contributed by atoms with Gasteiger partial charge in [-0.2, -0.15) is 0 Å². The van der Waals surface area contributed by atoms with Crippen LogP contribution in [0, 0.1) is 0 Å². The Labute approximate surface area is 129 Å². The molecular formula is C15H19ClN2O3. The van der Waals surface area contributed by atoms with Gasteiger partial charge in [0, 0.05) is 36.8 Å². The van der Waals surface area contributed by atoms with Crippen molar-refractivity contribution in [3.63, 3.8) is 0 Å². The molecule has 0 spiro atoms. The van der Waals surface area contributed by atoms with Crippen LogP contribution in [0.5, 0.6) is 0 Å². The molecule has 1 heterocycles. The molecular weight excluding hydrogens is 292 g/mol. The number of piperazine rings is 1. The number of amides is 1. The van der Waals surface area contributed by atoms with Crippen LogP contribution in [0.4, 0.5) is 4.79 Å². The Bertz CT molecular complexity index is 496. The Morgan fingerprint density at radius 3 is 2.33 bits per heavy atom. The largest absolute Gasteiger partial charge is 0.450 e. The van der Waals surface area contributed by atoms with E-state index in [-0.39, 0.29) is 11.9 Å². The van der Waals surface area contributed by atoms with Crippen LogP contribution in [-0.4, -0.2) is 61.0 Å². The first-order valence-corrected chi connectivity index (χ1v) is 7.40. The van der Waals surface area contributed by atoms with E-state index in [9.17, 15) is 9.59 Å². The third-order valence-corrected chi connectivity index (χ3v) is 3.68. The van der Waals surface area contributed by atoms with Crippen molar-refractivity contribution in [3.8, 4) is 0 Å². The summed E-state index contributed by atoms with van der Waals surface area (Å²) in [6.45, 7) is 5.07. The molecule has 1 aliphatic heterocycles. The highest BCUT2D eigenvalue weighted by atomic mass is 35.5. The zero-order valence-corrected chi connectivity index (χ0v) is 12.8. The molecule has 21 heavy (non-hydrogen) atoms. The average Bonchev–Trinajstić information content (AvgIpc) is 2.49. The molecule has 1 aromatic carbocycles. The normalized spacial score (nSPS) is 15.8. The average molecular weight is 311 g/mol. The molecule has 6 heteroatoms. The lowest BCUT2D eigenvalue weighted by Gasteiger charge is -2.33. The smallest absolute Gasteiger partial charge is 0.409 e. The molecule has 1 saturated heterocycles. The Kier molecular flexibility index (Phi) is 5.59. The van der Waals surface area contributed by atoms with Crippen molar-refractivity contribution in [3.05, 3.63) is 34.9 Å². The molecule has 0 aromatic heterocycles. The van der Waals surface area contributed by atoms with E-state index in [0.717, 1.165) is 0 Å². The predicted octanol–water partition coefficient (Wildman–Crippen LogP) is 2.30. The fourth-order valence-electron chi connectivity index (χ4n) is 2.23. The van der Waals surface area contributed by atoms with Gasteiger partial charge in [0.05, 0.1) is 13.2 Å². The Hall–Kier alpha value is -1.59. The standard InChI is InChI=1S/C15H19ClN2O3/c1-2-21-15(20)18-9-7-17(8-10-18)11-14(19)12-3-5-13(16)6-4-12/h3-6H,2,7-11H2,1H3. The minimum atomic E-state index is -0.277. The topological polar surface area (TPSA) is 49.9 Å². The lowest BCUT2D eigenvalue weighted by Crippen LogP contribution is -2.50. The summed E-state index contributed by atoms with van der Waals surface area (Å²) >= 11 is 5.81. The molecule has 0 atom stereocenters. The van der Waals surface area contributed by atoms with E-state index >= 15 is 0 Å². The van der Waals surface area contributed by atoms with E-state index in [1.165, 1.54) is 0 Å². The van der Waals surface area contributed by atoms with Crippen molar-refractivity contribution in [2.45, 2.75) is 6.92 Å². The van der Waals surface area contributed by atoms with Crippen molar-refractivity contribution in [1.82, 2.24) is 9.80 Å². The SMILES string of the molecule is CCOC(=O)N1CCN(CC(=O)c2ccc(Cl)cc2)CC1. The number of Topliss-reactive ketones (excluding diaryl/α,β-unsaturated/α-hetero) is 1. The van der Waals surface area contributed by atoms with Crippen LogP contribution in [0.15, 0.2) is 24.3 Å². The summed E-state index contributed by atoms with van der Waals surface area (Å²) in [6, 6.07) is 6.90. The number of ether oxygens (including phenoxy) is 1. The van der Waals surface area contributed by atoms with Gasteiger partial charge < -0.3 is 9.64 Å². The monoisotopic (exact) mass is 310 g/mol. The van der Waals surface area contributed by atoms with Crippen LogP contribution >= 0.6 is 11.6 Å². The first kappa shape index (κ1) is 15.8. The van der Waals surface area contributed by atoms with Crippen molar-refractivity contribution >= 4 is 23.5 Å². The molecule has 0 radical (unpaired) electrons. The molecule has 0 aliphatic carbocycles. The van der Waals surface area contributed by atoms with Crippen molar-refractivity contribution in [1.29, 1.82) is 0 Å². The summed E-state index contributed by atoms with van der Waals surface area (Å²) in [5.74, 6) is 0.0660. The number of halogens is 1. The Morgan fingerprint density at radius 1 is 1.14 bits per heavy atom. The molecule has 1 aromatic rings. The second-order valence-corrected chi connectivity index (χ2v) is 5.33. The number of nitrogens with zero attached hydrogens (tertiary/aromatic N) is 2. The highest BCUT2D eigenvalue weighted by Gasteiger charge is 2.23. The van der Waals surface area contributed by atoms with Gasteiger partial charge in [0.15, 0.2) is 5.78 Å². The van der Waals surface area contributed by atoms with Gasteiger partial charge in [-0.25, -0.2) is 4.79 Å². The number of rotatable bonds is 4. The Balaban J connectivity index is 1.82. The Morgan fingerprint density at radius 2 is 1.76 bits per heavy atom. The number of carbonyl (C=O) groups is 2. The van der Waals surface area contributed by atoms with Gasteiger partial charge in [-0.15, -0.1) is 0 Å². The van der Waals surface area contributed by atoms with Gasteiger partial charge >= 0.3 is 6.09 Å². The summed E-state index contributed by atoms with van der Waals surface area (Å²) in [6.07, 6.45) is -0.277. The predicted molar refractivity (Wildman–Crippen MR) is 80.8 cm³/mol. The van der Waals surface area contributed by atoms with Gasteiger partial charge in [-0.1, -0.05) is 11.6 Å². The number of hydrogen-bond acceptors (Lipinski definition) is 4. The van der Waals surface area contributed by atoms with E-state index in [4.69, 9.17) is 16.3 Å². The number of ketones is 1. The summed E-state index contributed by atoms with van der Waals surface area (Å²) < 4.78 is 4.97. The number of benzene rings is 1. The number of carbonyl (C=O) groups excluding carboxylic acids is 2. The summed E-state index contributed by atoms with van der Waals surface area (Å²) in [5.41, 5.74) is 0.659. The second kappa shape index (κ2) is 7.43. The zero-order chi connectivity index (χ0) is 15.2. The maximum Gasteiger partial charge on any atom is 0.409 e. The molecule has 0 saturated carbocycles. The second-order valence-electron chi connectivity index (χ2n) is 4.89. The van der Waals surface area contributed by atoms with Crippen molar-refractivity contribution in [2.24, 2.45) is 0 Å². The first-order valence-electron chi connectivity index (χ1n) is 7.03. The van der Waals surface area contributed by atoms with Crippen LogP contribution in [0.3, 0.4) is 0 Å². The van der Waals surface area contributed by atoms with Gasteiger partial charge in [0.2, 0.25) is 0 Å². The maximum atomic E-state index is 12.2. The first-order chi connectivity index (χ1) is 10.1.